The molecule has 0 saturated heterocycles. The van der Waals surface area contributed by atoms with Crippen LogP contribution in [0.2, 0.25) is 0 Å². The maximum Gasteiger partial charge on any atom is 0.313 e. The van der Waals surface area contributed by atoms with Crippen molar-refractivity contribution in [3.63, 3.8) is 0 Å². The summed E-state index contributed by atoms with van der Waals surface area (Å²) in [5.74, 6) is -20.4. The van der Waals surface area contributed by atoms with Crippen molar-refractivity contribution in [3.8, 4) is 5.75 Å². The second-order valence-corrected chi connectivity index (χ2v) is 29.1. The molecule has 0 radical (unpaired) electrons. The van der Waals surface area contributed by atoms with Crippen LogP contribution in [0.25, 0.3) is 0 Å². The van der Waals surface area contributed by atoms with Crippen molar-refractivity contribution in [1.29, 1.82) is 0 Å². The monoisotopic (exact) mass is 1620 g/mol. The topological polar surface area (TPSA) is 538 Å². The molecule has 0 saturated carbocycles. The maximum absolute atomic E-state index is 14.3. The predicted octanol–water partition coefficient (Wildman–Crippen LogP) is -0.551. The van der Waals surface area contributed by atoms with Gasteiger partial charge in [-0.05, 0) is 111 Å². The van der Waals surface area contributed by atoms with Gasteiger partial charge < -0.3 is 114 Å². The number of primary amides is 1. The number of guanidine groups is 1. The van der Waals surface area contributed by atoms with E-state index in [2.05, 4.69) is 73.5 Å². The number of nitrogens with two attached hydrogens (primary N) is 3. The van der Waals surface area contributed by atoms with E-state index in [4.69, 9.17) is 45.6 Å². The number of halogens is 4. The van der Waals surface area contributed by atoms with E-state index in [-0.39, 0.29) is 167 Å². The molecule has 1 aromatic rings. The Hall–Kier alpha value is -9.61. The number of amides is 13. The van der Waals surface area contributed by atoms with Crippen LogP contribution in [0.1, 0.15) is 161 Å². The Morgan fingerprint density at radius 2 is 0.912 bits per heavy atom. The lowest BCUT2D eigenvalue weighted by Gasteiger charge is -2.31. The second-order valence-electron chi connectivity index (χ2n) is 29.1. The summed E-state index contributed by atoms with van der Waals surface area (Å²) in [4.78, 5) is 191. The van der Waals surface area contributed by atoms with Gasteiger partial charge in [0.15, 0.2) is 17.6 Å². The van der Waals surface area contributed by atoms with E-state index in [1.54, 1.807) is 55.4 Å². The lowest BCUT2D eigenvalue weighted by Crippen LogP contribution is -2.63. The molecule has 0 aliphatic carbocycles. The molecule has 41 heteroatoms. The summed E-state index contributed by atoms with van der Waals surface area (Å²) in [6.07, 6.45) is -0.773. The number of benzene rings is 1. The highest BCUT2D eigenvalue weighted by Gasteiger charge is 2.38. The SMILES string of the molecule is CC[C@H](NC(=O)[C@H](C)NC(=O)[C@H](CC(C)C)NC(=O)[C@H](CC(=O)OC(C)(C)C)NC(=O)CNC(=O)[C@H](CCCN=C(N)N)NC(C)=O)C(=O)N[C@@H](CC(C)C)C(=O)N[C@@H](CCCNC(N)=O)C(=O)NC(C)(C)C(=O)N[C@@H](CC(C)C)C(=O)NCCOCCOCCOCCOCCOCCC(=O)Oc1c(F)c(F)cc(F)c1F. The number of carbonyl (C=O) groups excluding carboxylic acids is 14. The number of esters is 2. The minimum Gasteiger partial charge on any atom is -0.460 e. The molecule has 0 spiro atoms. The Balaban J connectivity index is 3.00. The molecule has 37 nitrogen and oxygen atoms in total. The maximum atomic E-state index is 14.3. The number of ether oxygens (including phenoxy) is 7. The highest BCUT2D eigenvalue weighted by atomic mass is 19.2. The molecular weight excluding hydrogens is 1500 g/mol. The van der Waals surface area contributed by atoms with Gasteiger partial charge in [0.2, 0.25) is 82.4 Å². The van der Waals surface area contributed by atoms with Crippen LogP contribution < -0.4 is 85.7 Å². The van der Waals surface area contributed by atoms with E-state index in [0.717, 1.165) is 0 Å². The van der Waals surface area contributed by atoms with Crippen molar-refractivity contribution >= 4 is 88.9 Å². The summed E-state index contributed by atoms with van der Waals surface area (Å²) < 4.78 is 91.0. The van der Waals surface area contributed by atoms with E-state index in [0.29, 0.717) is 0 Å². The number of rotatable bonds is 56. The molecule has 13 amide bonds. The van der Waals surface area contributed by atoms with Gasteiger partial charge >= 0.3 is 18.0 Å². The molecule has 0 aliphatic heterocycles. The Morgan fingerprint density at radius 3 is 1.40 bits per heavy atom. The third-order valence-corrected chi connectivity index (χ3v) is 15.7. The van der Waals surface area contributed by atoms with Crippen LogP contribution in [0.3, 0.4) is 0 Å². The molecule has 0 aromatic heterocycles. The molecule has 1 rings (SSSR count). The highest BCUT2D eigenvalue weighted by Crippen LogP contribution is 2.27. The van der Waals surface area contributed by atoms with Crippen LogP contribution in [0.15, 0.2) is 11.1 Å². The first kappa shape index (κ1) is 101. The second kappa shape index (κ2) is 53.4. The van der Waals surface area contributed by atoms with Gasteiger partial charge in [-0.25, -0.2) is 13.6 Å². The number of carbonyl (C=O) groups is 14. The van der Waals surface area contributed by atoms with E-state index >= 15 is 0 Å². The summed E-state index contributed by atoms with van der Waals surface area (Å²) in [6, 6.07) is -11.6. The lowest BCUT2D eigenvalue weighted by atomic mass is 9.98. The van der Waals surface area contributed by atoms with Crippen molar-refractivity contribution in [2.24, 2.45) is 39.9 Å². The lowest BCUT2D eigenvalue weighted by molar-refractivity contribution is -0.156. The smallest absolute Gasteiger partial charge is 0.313 e. The number of hydrogen-bond acceptors (Lipinski definition) is 22. The zero-order valence-electron chi connectivity index (χ0n) is 67.2. The molecule has 18 N–H and O–H groups in total. The van der Waals surface area contributed by atoms with Gasteiger partial charge in [0, 0.05) is 32.6 Å². The average Bonchev–Trinajstić information content (AvgIpc) is 0.842. The van der Waals surface area contributed by atoms with Crippen LogP contribution in [0.5, 0.6) is 5.75 Å². The van der Waals surface area contributed by atoms with Crippen LogP contribution in [-0.4, -0.2) is 241 Å². The van der Waals surface area contributed by atoms with Gasteiger partial charge in [-0.3, -0.25) is 67.3 Å². The van der Waals surface area contributed by atoms with Gasteiger partial charge in [0.1, 0.15) is 59.5 Å². The third-order valence-electron chi connectivity index (χ3n) is 15.7. The van der Waals surface area contributed by atoms with E-state index in [1.807, 2.05) is 13.8 Å². The molecule has 0 aliphatic rings. The first-order valence-corrected chi connectivity index (χ1v) is 37.4. The van der Waals surface area contributed by atoms with Gasteiger partial charge in [-0.1, -0.05) is 48.5 Å². The van der Waals surface area contributed by atoms with Gasteiger partial charge in [0.25, 0.3) is 0 Å². The number of nitrogens with zero attached hydrogens (tertiary/aromatic N) is 1. The fraction of sp³-hybridized carbons (Fsp3) is 0.708. The predicted molar refractivity (Wildman–Crippen MR) is 402 cm³/mol. The van der Waals surface area contributed by atoms with Gasteiger partial charge in [-0.15, -0.1) is 0 Å². The minimum absolute atomic E-state index is 0.00807. The number of urea groups is 1. The molecular formula is C72H120F4N16O21. The van der Waals surface area contributed by atoms with Crippen molar-refractivity contribution in [2.45, 2.75) is 221 Å². The van der Waals surface area contributed by atoms with Crippen LogP contribution >= 0.6 is 0 Å². The molecule has 8 atom stereocenters. The Labute approximate surface area is 656 Å². The van der Waals surface area contributed by atoms with Gasteiger partial charge in [0.05, 0.1) is 85.5 Å². The molecule has 1 aromatic carbocycles. The summed E-state index contributed by atoms with van der Waals surface area (Å²) >= 11 is 0. The molecule has 113 heavy (non-hydrogen) atoms. The van der Waals surface area contributed by atoms with E-state index in [1.165, 1.54) is 27.7 Å². The zero-order valence-corrected chi connectivity index (χ0v) is 67.2. The molecule has 642 valence electrons. The van der Waals surface area contributed by atoms with Gasteiger partial charge in [-0.2, -0.15) is 8.78 Å². The normalized spacial score (nSPS) is 13.6. The number of hydrogen-bond donors (Lipinski definition) is 15. The molecule has 0 bridgehead atoms. The Morgan fingerprint density at radius 1 is 0.469 bits per heavy atom. The van der Waals surface area contributed by atoms with Crippen LogP contribution in [-0.2, 0) is 90.8 Å². The van der Waals surface area contributed by atoms with Crippen molar-refractivity contribution in [2.75, 3.05) is 92.2 Å². The molecule has 0 unspecified atom stereocenters. The largest absolute Gasteiger partial charge is 0.460 e. The van der Waals surface area contributed by atoms with Crippen LogP contribution in [0, 0.1) is 41.0 Å². The Kier molecular flexibility index (Phi) is 47.9. The van der Waals surface area contributed by atoms with Crippen molar-refractivity contribution in [1.82, 2.24) is 63.8 Å². The van der Waals surface area contributed by atoms with Crippen molar-refractivity contribution < 1.29 is 118 Å². The Bertz CT molecular complexity index is 3280. The summed E-state index contributed by atoms with van der Waals surface area (Å²) in [5.41, 5.74) is 13.3. The highest BCUT2D eigenvalue weighted by molar-refractivity contribution is 5.99. The fourth-order valence-electron chi connectivity index (χ4n) is 10.2. The third kappa shape index (κ3) is 44.4. The fourth-order valence-corrected chi connectivity index (χ4v) is 10.2. The summed E-state index contributed by atoms with van der Waals surface area (Å²) in [5, 5.41) is 30.7. The van der Waals surface area contributed by atoms with E-state index in [9.17, 15) is 84.7 Å². The number of aliphatic imine (C=N–C) groups is 1. The average molecular weight is 1620 g/mol. The van der Waals surface area contributed by atoms with Crippen LogP contribution in [0.4, 0.5) is 22.4 Å². The number of nitrogens with one attached hydrogen (secondary N) is 12. The zero-order chi connectivity index (χ0) is 85.7. The van der Waals surface area contributed by atoms with E-state index < -0.39 is 191 Å². The molecule has 0 heterocycles. The molecule has 0 fully saturated rings. The standard InChI is InChI=1S/C72H120F4N16O21/c1-15-47(87-60(97)43(8)84-64(101)51(35-41(4)5)90-66(103)53(38-56(96)113-71(10,11)12)86-54(94)39-83-61(98)48(85-44(9)93)18-16-21-81-69(77)78)63(100)89-52(36-42(6)7)65(102)88-49(19-17-22-82-70(79)106)67(104)92-72(13,14)68(105)91-50(34-40(2)3)62(99)80-23-25-108-27-29-110-31-33-111-32-30-109-28-26-107-24-20-55(95)112-59-57(75)45(73)37-46(74)58(59)76/h37,40-43,47-53H,15-36,38-39H2,1-14H3,(H,80,99)(H,83,98)(H,84,101)(H,85,93)(H,86,94)(H,87,97)(H,88,102)(H,89,100)(H,90,103)(H,91,105)(H,92,104)(H4,77,78,81)(H3,79,82,106)/t43-,47-,48-,49-,50-,51-,52-,53-/m0/s1. The first-order chi connectivity index (χ1) is 52.9. The summed E-state index contributed by atoms with van der Waals surface area (Å²) in [6.45, 7) is 22.8. The first-order valence-electron chi connectivity index (χ1n) is 37.4. The summed E-state index contributed by atoms with van der Waals surface area (Å²) in [7, 11) is 0. The quantitative estimate of drug-likeness (QED) is 0.00740. The minimum atomic E-state index is -1.85. The van der Waals surface area contributed by atoms with Crippen molar-refractivity contribution in [3.05, 3.63) is 29.3 Å².